The zero-order chi connectivity index (χ0) is 26.6. The third-order valence-corrected chi connectivity index (χ3v) is 5.37. The van der Waals surface area contributed by atoms with Crippen LogP contribution in [0.4, 0.5) is 4.79 Å². The second-order valence-corrected chi connectivity index (χ2v) is 10.1. The molecule has 1 aromatic rings. The van der Waals surface area contributed by atoms with Gasteiger partial charge in [0, 0.05) is 18.7 Å². The summed E-state index contributed by atoms with van der Waals surface area (Å²) >= 11 is 0. The first-order chi connectivity index (χ1) is 16.4. The summed E-state index contributed by atoms with van der Waals surface area (Å²) in [5.41, 5.74) is 0.429. The molecule has 0 heterocycles. The Bertz CT molecular complexity index is 883. The van der Waals surface area contributed by atoms with Crippen molar-refractivity contribution in [2.45, 2.75) is 91.8 Å². The molecule has 194 valence electrons. The minimum Gasteiger partial charge on any atom is -0.444 e. The van der Waals surface area contributed by atoms with Gasteiger partial charge in [-0.15, -0.1) is 6.42 Å². The lowest BCUT2D eigenvalue weighted by Gasteiger charge is -2.34. The molecule has 0 aromatic heterocycles. The van der Waals surface area contributed by atoms with Crippen LogP contribution in [-0.2, 0) is 14.3 Å². The molecule has 0 radical (unpaired) electrons. The summed E-state index contributed by atoms with van der Waals surface area (Å²) in [5.74, 6) is 2.11. The van der Waals surface area contributed by atoms with Gasteiger partial charge in [0.15, 0.2) is 0 Å². The normalized spacial score (nSPS) is 12.9. The Labute approximate surface area is 211 Å². The molecule has 0 spiro atoms. The van der Waals surface area contributed by atoms with Crippen molar-refractivity contribution < 1.29 is 19.1 Å². The van der Waals surface area contributed by atoms with Crippen molar-refractivity contribution in [2.75, 3.05) is 13.1 Å². The Morgan fingerprint density at radius 3 is 2.31 bits per heavy atom. The minimum atomic E-state index is -0.920. The van der Waals surface area contributed by atoms with Crippen LogP contribution in [0.2, 0.25) is 0 Å². The van der Waals surface area contributed by atoms with Gasteiger partial charge in [0.05, 0.1) is 0 Å². The number of benzene rings is 1. The molecular formula is C28H43N3O4. The van der Waals surface area contributed by atoms with Gasteiger partial charge >= 0.3 is 6.09 Å². The fourth-order valence-corrected chi connectivity index (χ4v) is 3.81. The van der Waals surface area contributed by atoms with Crippen molar-refractivity contribution in [3.05, 3.63) is 35.4 Å². The number of carbonyl (C=O) groups excluding carboxylic acids is 3. The molecule has 0 fully saturated rings. The first kappa shape index (κ1) is 30.0. The van der Waals surface area contributed by atoms with Gasteiger partial charge in [-0.1, -0.05) is 57.7 Å². The van der Waals surface area contributed by atoms with E-state index in [1.54, 1.807) is 45.0 Å². The Morgan fingerprint density at radius 2 is 1.77 bits per heavy atom. The van der Waals surface area contributed by atoms with E-state index in [4.69, 9.17) is 11.2 Å². The average Bonchev–Trinajstić information content (AvgIpc) is 2.77. The van der Waals surface area contributed by atoms with E-state index in [9.17, 15) is 14.4 Å². The third-order valence-electron chi connectivity index (χ3n) is 5.37. The summed E-state index contributed by atoms with van der Waals surface area (Å²) in [4.78, 5) is 41.3. The number of unbranched alkanes of at least 4 members (excludes halogenated alkanes) is 2. The van der Waals surface area contributed by atoms with Crippen LogP contribution in [0.3, 0.4) is 0 Å². The van der Waals surface area contributed by atoms with Crippen LogP contribution in [0.1, 0.15) is 91.3 Å². The smallest absolute Gasteiger partial charge is 0.408 e. The molecule has 0 bridgehead atoms. The number of nitrogens with zero attached hydrogens (tertiary/aromatic N) is 1. The fourth-order valence-electron chi connectivity index (χ4n) is 3.81. The molecule has 35 heavy (non-hydrogen) atoms. The van der Waals surface area contributed by atoms with Crippen molar-refractivity contribution in [1.82, 2.24) is 15.5 Å². The minimum absolute atomic E-state index is 0.122. The highest BCUT2D eigenvalue weighted by Crippen LogP contribution is 2.26. The summed E-state index contributed by atoms with van der Waals surface area (Å²) < 4.78 is 5.39. The van der Waals surface area contributed by atoms with E-state index >= 15 is 0 Å². The summed E-state index contributed by atoms with van der Waals surface area (Å²) in [6, 6.07) is 5.37. The zero-order valence-corrected chi connectivity index (χ0v) is 22.4. The van der Waals surface area contributed by atoms with Crippen LogP contribution in [0.15, 0.2) is 24.3 Å². The van der Waals surface area contributed by atoms with Crippen LogP contribution >= 0.6 is 0 Å². The number of hydrogen-bond acceptors (Lipinski definition) is 4. The van der Waals surface area contributed by atoms with Gasteiger partial charge in [0.25, 0.3) is 0 Å². The Kier molecular flexibility index (Phi) is 12.4. The third kappa shape index (κ3) is 10.0. The number of ether oxygens (including phenoxy) is 1. The standard InChI is InChI=1S/C28H43N3O4/c1-9-12-15-18-29-25(32)24(22-17-14-13-16-21(22)10-2)31(11-3)26(33)23(19-20(4)5)30-27(34)35-28(6,7)8/h2,13-14,16-17,20,23-24H,9,11-12,15,18-19H2,1,3-8H3,(H,29,32)(H,30,34). The van der Waals surface area contributed by atoms with Crippen LogP contribution in [0.5, 0.6) is 0 Å². The summed E-state index contributed by atoms with van der Waals surface area (Å²) in [5, 5.41) is 5.70. The van der Waals surface area contributed by atoms with Gasteiger partial charge in [0.2, 0.25) is 11.8 Å². The number of rotatable bonds is 12. The maximum absolute atomic E-state index is 13.8. The van der Waals surface area contributed by atoms with Crippen molar-refractivity contribution >= 4 is 17.9 Å². The molecule has 0 saturated carbocycles. The van der Waals surface area contributed by atoms with E-state index in [0.29, 0.717) is 24.1 Å². The highest BCUT2D eigenvalue weighted by Gasteiger charge is 2.36. The lowest BCUT2D eigenvalue weighted by atomic mass is 9.96. The van der Waals surface area contributed by atoms with Crippen LogP contribution in [-0.4, -0.2) is 47.5 Å². The average molecular weight is 486 g/mol. The predicted octanol–water partition coefficient (Wildman–Crippen LogP) is 4.80. The quantitative estimate of drug-likeness (QED) is 0.329. The highest BCUT2D eigenvalue weighted by molar-refractivity contribution is 5.92. The number of likely N-dealkylation sites (N-methyl/N-ethyl adjacent to an activating group) is 1. The summed E-state index contributed by atoms with van der Waals surface area (Å²) in [6.45, 7) is 13.9. The molecule has 3 amide bonds. The zero-order valence-electron chi connectivity index (χ0n) is 22.4. The number of alkyl carbamates (subject to hydrolysis) is 1. The molecule has 1 rings (SSSR count). The van der Waals surface area contributed by atoms with Crippen LogP contribution in [0, 0.1) is 18.3 Å². The van der Waals surface area contributed by atoms with Gasteiger partial charge in [-0.3, -0.25) is 9.59 Å². The SMILES string of the molecule is C#Cc1ccccc1C(C(=O)NCCCCC)N(CC)C(=O)C(CC(C)C)NC(=O)OC(C)(C)C. The maximum Gasteiger partial charge on any atom is 0.408 e. The van der Waals surface area contributed by atoms with Crippen molar-refractivity contribution in [3.63, 3.8) is 0 Å². The van der Waals surface area contributed by atoms with Crippen LogP contribution in [0.25, 0.3) is 0 Å². The van der Waals surface area contributed by atoms with Gasteiger partial charge in [-0.25, -0.2) is 4.79 Å². The molecule has 7 heteroatoms. The number of carbonyl (C=O) groups is 3. The Hall–Kier alpha value is -3.01. The second-order valence-electron chi connectivity index (χ2n) is 10.1. The van der Waals surface area contributed by atoms with E-state index in [1.165, 1.54) is 4.90 Å². The Balaban J connectivity index is 3.36. The molecule has 2 N–H and O–H groups in total. The molecular weight excluding hydrogens is 442 g/mol. The highest BCUT2D eigenvalue weighted by atomic mass is 16.6. The van der Waals surface area contributed by atoms with Gasteiger partial charge in [0.1, 0.15) is 17.7 Å². The maximum atomic E-state index is 13.8. The monoisotopic (exact) mass is 485 g/mol. The largest absolute Gasteiger partial charge is 0.444 e. The molecule has 1 aromatic carbocycles. The lowest BCUT2D eigenvalue weighted by Crippen LogP contribution is -2.53. The molecule has 0 aliphatic heterocycles. The van der Waals surface area contributed by atoms with E-state index < -0.39 is 23.8 Å². The Morgan fingerprint density at radius 1 is 1.11 bits per heavy atom. The molecule has 0 aliphatic rings. The second kappa shape index (κ2) is 14.4. The van der Waals surface area contributed by atoms with Gasteiger partial charge in [-0.2, -0.15) is 0 Å². The van der Waals surface area contributed by atoms with Gasteiger partial charge in [-0.05, 0) is 58.1 Å². The molecule has 0 saturated heterocycles. The van der Waals surface area contributed by atoms with E-state index in [-0.39, 0.29) is 24.3 Å². The number of hydrogen-bond donors (Lipinski definition) is 2. The summed E-state index contributed by atoms with van der Waals surface area (Å²) in [7, 11) is 0. The summed E-state index contributed by atoms with van der Waals surface area (Å²) in [6.07, 6.45) is 8.35. The van der Waals surface area contributed by atoms with Crippen molar-refractivity contribution in [1.29, 1.82) is 0 Å². The van der Waals surface area contributed by atoms with Crippen molar-refractivity contribution in [3.8, 4) is 12.3 Å². The predicted molar refractivity (Wildman–Crippen MR) is 140 cm³/mol. The first-order valence-electron chi connectivity index (χ1n) is 12.6. The molecule has 0 aliphatic carbocycles. The van der Waals surface area contributed by atoms with Gasteiger partial charge < -0.3 is 20.3 Å². The molecule has 2 unspecified atom stereocenters. The number of nitrogens with one attached hydrogen (secondary N) is 2. The van der Waals surface area contributed by atoms with E-state index in [2.05, 4.69) is 23.5 Å². The van der Waals surface area contributed by atoms with E-state index in [0.717, 1.165) is 19.3 Å². The number of terminal acetylenes is 1. The topological polar surface area (TPSA) is 87.7 Å². The number of amides is 3. The first-order valence-corrected chi connectivity index (χ1v) is 12.6. The molecule has 2 atom stereocenters. The van der Waals surface area contributed by atoms with Crippen LogP contribution < -0.4 is 10.6 Å². The molecule has 7 nitrogen and oxygen atoms in total. The lowest BCUT2D eigenvalue weighted by molar-refractivity contribution is -0.142. The van der Waals surface area contributed by atoms with E-state index in [1.807, 2.05) is 20.8 Å². The van der Waals surface area contributed by atoms with Crippen molar-refractivity contribution in [2.24, 2.45) is 5.92 Å². The fraction of sp³-hybridized carbons (Fsp3) is 0.607.